The van der Waals surface area contributed by atoms with Gasteiger partial charge in [-0.3, -0.25) is 4.79 Å². The summed E-state index contributed by atoms with van der Waals surface area (Å²) in [5, 5.41) is 3.95. The van der Waals surface area contributed by atoms with E-state index in [-0.39, 0.29) is 15.9 Å². The summed E-state index contributed by atoms with van der Waals surface area (Å²) in [6, 6.07) is 11.9. The second kappa shape index (κ2) is 8.85. The van der Waals surface area contributed by atoms with Gasteiger partial charge in [-0.2, -0.15) is 0 Å². The van der Waals surface area contributed by atoms with Crippen molar-refractivity contribution in [3.05, 3.63) is 70.7 Å². The molecule has 0 fully saturated rings. The molecule has 1 amide bonds. The zero-order chi connectivity index (χ0) is 21.9. The average molecular weight is 449 g/mol. The summed E-state index contributed by atoms with van der Waals surface area (Å²) in [4.78, 5) is 18.0. The first-order chi connectivity index (χ1) is 14.2. The number of carbonyl (C=O) groups excluding carboxylic acids is 1. The average Bonchev–Trinajstić information content (AvgIpc) is 3.13. The number of carbonyl (C=O) groups is 1. The van der Waals surface area contributed by atoms with Gasteiger partial charge in [-0.05, 0) is 31.5 Å². The summed E-state index contributed by atoms with van der Waals surface area (Å²) in [7, 11) is -2.51. The number of halogens is 1. The highest BCUT2D eigenvalue weighted by atomic mass is 35.5. The molecular formula is C20H21ClN4O4S. The van der Waals surface area contributed by atoms with Gasteiger partial charge in [0, 0.05) is 25.9 Å². The summed E-state index contributed by atoms with van der Waals surface area (Å²) >= 11 is 5.77. The monoisotopic (exact) mass is 448 g/mol. The van der Waals surface area contributed by atoms with Crippen molar-refractivity contribution >= 4 is 33.3 Å². The second-order valence-electron chi connectivity index (χ2n) is 6.86. The lowest BCUT2D eigenvalue weighted by Gasteiger charge is -2.24. The van der Waals surface area contributed by atoms with Gasteiger partial charge in [0.2, 0.25) is 5.91 Å². The van der Waals surface area contributed by atoms with Crippen LogP contribution in [0.2, 0.25) is 5.15 Å². The van der Waals surface area contributed by atoms with Crippen LogP contribution in [0.4, 0.5) is 5.82 Å². The maximum atomic E-state index is 13.2. The van der Waals surface area contributed by atoms with E-state index in [1.165, 1.54) is 23.1 Å². The van der Waals surface area contributed by atoms with Crippen molar-refractivity contribution in [3.8, 4) is 0 Å². The van der Waals surface area contributed by atoms with E-state index in [2.05, 4.69) is 10.1 Å². The van der Waals surface area contributed by atoms with Crippen molar-refractivity contribution in [1.82, 2.24) is 15.0 Å². The van der Waals surface area contributed by atoms with E-state index in [0.717, 1.165) is 21.6 Å². The third kappa shape index (κ3) is 4.98. The Hall–Kier alpha value is -2.91. The maximum absolute atomic E-state index is 13.2. The molecule has 3 rings (SSSR count). The number of nitrogens with zero attached hydrogens (tertiary/aromatic N) is 4. The standard InChI is InChI=1S/C20H21ClN4O4S/c1-14-4-6-16(7-5-14)12-24(3)20(26)13-25(19-10-15(2)29-23-19)30(27,28)17-8-9-18(21)22-11-17/h4-11H,12-13H2,1-3H3. The van der Waals surface area contributed by atoms with Crippen molar-refractivity contribution in [2.75, 3.05) is 17.9 Å². The van der Waals surface area contributed by atoms with Crippen LogP contribution in [0.15, 0.2) is 58.1 Å². The second-order valence-corrected chi connectivity index (χ2v) is 9.11. The molecule has 0 saturated heterocycles. The predicted molar refractivity (Wildman–Crippen MR) is 113 cm³/mol. The Labute approximate surface area is 180 Å². The van der Waals surface area contributed by atoms with Gasteiger partial charge in [-0.25, -0.2) is 17.7 Å². The third-order valence-electron chi connectivity index (χ3n) is 4.40. The molecule has 2 heterocycles. The van der Waals surface area contributed by atoms with E-state index in [0.29, 0.717) is 12.3 Å². The largest absolute Gasteiger partial charge is 0.360 e. The molecule has 2 aromatic heterocycles. The molecule has 0 spiro atoms. The quantitative estimate of drug-likeness (QED) is 0.515. The Kier molecular flexibility index (Phi) is 6.42. The number of anilines is 1. The number of pyridine rings is 1. The van der Waals surface area contributed by atoms with Gasteiger partial charge < -0.3 is 9.42 Å². The number of hydrogen-bond acceptors (Lipinski definition) is 6. The number of aromatic nitrogens is 2. The first-order valence-electron chi connectivity index (χ1n) is 9.04. The molecule has 10 heteroatoms. The number of amides is 1. The highest BCUT2D eigenvalue weighted by Gasteiger charge is 2.30. The van der Waals surface area contributed by atoms with Crippen LogP contribution in [0.5, 0.6) is 0 Å². The Morgan fingerprint density at radius 2 is 1.83 bits per heavy atom. The third-order valence-corrected chi connectivity index (χ3v) is 6.36. The SMILES string of the molecule is Cc1ccc(CN(C)C(=O)CN(c2cc(C)on2)S(=O)(=O)c2ccc(Cl)nc2)cc1. The van der Waals surface area contributed by atoms with Crippen molar-refractivity contribution in [1.29, 1.82) is 0 Å². The minimum Gasteiger partial charge on any atom is -0.360 e. The fourth-order valence-electron chi connectivity index (χ4n) is 2.70. The molecule has 0 unspecified atom stereocenters. The van der Waals surface area contributed by atoms with Gasteiger partial charge in [0.25, 0.3) is 10.0 Å². The summed E-state index contributed by atoms with van der Waals surface area (Å²) in [5.41, 5.74) is 2.05. The number of likely N-dealkylation sites (N-methyl/N-ethyl adjacent to an activating group) is 1. The zero-order valence-electron chi connectivity index (χ0n) is 16.7. The molecule has 0 bridgehead atoms. The topological polar surface area (TPSA) is 96.6 Å². The fourth-order valence-corrected chi connectivity index (χ4v) is 4.11. The molecule has 1 aromatic carbocycles. The molecule has 0 aliphatic rings. The van der Waals surface area contributed by atoms with Crippen LogP contribution in [-0.4, -0.2) is 43.0 Å². The number of hydrogen-bond donors (Lipinski definition) is 0. The van der Waals surface area contributed by atoms with E-state index in [9.17, 15) is 13.2 Å². The van der Waals surface area contributed by atoms with Crippen molar-refractivity contribution < 1.29 is 17.7 Å². The number of rotatable bonds is 7. The van der Waals surface area contributed by atoms with Gasteiger partial charge in [0.1, 0.15) is 22.4 Å². The van der Waals surface area contributed by atoms with Crippen LogP contribution < -0.4 is 4.31 Å². The van der Waals surface area contributed by atoms with E-state index >= 15 is 0 Å². The molecule has 0 atom stereocenters. The maximum Gasteiger partial charge on any atom is 0.267 e. The molecular weight excluding hydrogens is 428 g/mol. The first kappa shape index (κ1) is 21.8. The summed E-state index contributed by atoms with van der Waals surface area (Å²) in [6.45, 7) is 3.51. The Bertz CT molecular complexity index is 1130. The highest BCUT2D eigenvalue weighted by Crippen LogP contribution is 2.24. The normalized spacial score (nSPS) is 11.3. The molecule has 0 N–H and O–H groups in total. The summed E-state index contributed by atoms with van der Waals surface area (Å²) in [5.74, 6) is 0.0288. The lowest BCUT2D eigenvalue weighted by molar-refractivity contribution is -0.128. The van der Waals surface area contributed by atoms with Crippen LogP contribution in [0.3, 0.4) is 0 Å². The van der Waals surface area contributed by atoms with Crippen molar-refractivity contribution in [2.45, 2.75) is 25.3 Å². The van der Waals surface area contributed by atoms with Gasteiger partial charge in [0.05, 0.1) is 0 Å². The molecule has 30 heavy (non-hydrogen) atoms. The Morgan fingerprint density at radius 1 is 1.13 bits per heavy atom. The highest BCUT2D eigenvalue weighted by molar-refractivity contribution is 7.92. The zero-order valence-corrected chi connectivity index (χ0v) is 18.3. The molecule has 0 radical (unpaired) electrons. The van der Waals surface area contributed by atoms with Crippen LogP contribution in [0, 0.1) is 13.8 Å². The van der Waals surface area contributed by atoms with Crippen LogP contribution in [0.25, 0.3) is 0 Å². The van der Waals surface area contributed by atoms with E-state index in [4.69, 9.17) is 16.1 Å². The molecule has 158 valence electrons. The van der Waals surface area contributed by atoms with E-state index < -0.39 is 22.5 Å². The summed E-state index contributed by atoms with van der Waals surface area (Å²) in [6.07, 6.45) is 1.14. The van der Waals surface area contributed by atoms with E-state index in [1.807, 2.05) is 31.2 Å². The first-order valence-corrected chi connectivity index (χ1v) is 10.9. The number of benzene rings is 1. The van der Waals surface area contributed by atoms with Gasteiger partial charge in [0.15, 0.2) is 5.82 Å². The minimum absolute atomic E-state index is 0.0135. The molecule has 0 aliphatic heterocycles. The van der Waals surface area contributed by atoms with Gasteiger partial charge in [-0.1, -0.05) is 46.6 Å². The molecule has 0 saturated carbocycles. The van der Waals surface area contributed by atoms with Crippen molar-refractivity contribution in [3.63, 3.8) is 0 Å². The Balaban J connectivity index is 1.86. The molecule has 8 nitrogen and oxygen atoms in total. The lowest BCUT2D eigenvalue weighted by atomic mass is 10.1. The smallest absolute Gasteiger partial charge is 0.267 e. The predicted octanol–water partition coefficient (Wildman–Crippen LogP) is 3.19. The van der Waals surface area contributed by atoms with Crippen LogP contribution in [0.1, 0.15) is 16.9 Å². The van der Waals surface area contributed by atoms with Crippen LogP contribution in [-0.2, 0) is 21.4 Å². The minimum atomic E-state index is -4.12. The summed E-state index contributed by atoms with van der Waals surface area (Å²) < 4.78 is 32.3. The van der Waals surface area contributed by atoms with Gasteiger partial charge in [-0.15, -0.1) is 0 Å². The van der Waals surface area contributed by atoms with Crippen molar-refractivity contribution in [2.24, 2.45) is 0 Å². The van der Waals surface area contributed by atoms with E-state index in [1.54, 1.807) is 14.0 Å². The fraction of sp³-hybridized carbons (Fsp3) is 0.250. The van der Waals surface area contributed by atoms with Gasteiger partial charge >= 0.3 is 0 Å². The number of aryl methyl sites for hydroxylation is 2. The molecule has 0 aliphatic carbocycles. The lowest BCUT2D eigenvalue weighted by Crippen LogP contribution is -2.41. The van der Waals surface area contributed by atoms with Crippen LogP contribution >= 0.6 is 11.6 Å². The molecule has 3 aromatic rings. The Morgan fingerprint density at radius 3 is 2.40 bits per heavy atom. The number of sulfonamides is 1.